The van der Waals surface area contributed by atoms with Crippen LogP contribution in [0, 0.1) is 11.8 Å². The van der Waals surface area contributed by atoms with Gasteiger partial charge in [0.1, 0.15) is 5.75 Å². The lowest BCUT2D eigenvalue weighted by atomic mass is 9.97. The Hall–Kier alpha value is -1.06. The van der Waals surface area contributed by atoms with Gasteiger partial charge in [-0.3, -0.25) is 0 Å². The molecule has 2 atom stereocenters. The second-order valence-corrected chi connectivity index (χ2v) is 5.34. The van der Waals surface area contributed by atoms with Gasteiger partial charge >= 0.3 is 0 Å². The number of benzene rings is 1. The summed E-state index contributed by atoms with van der Waals surface area (Å²) in [6, 6.07) is 8.24. The zero-order valence-corrected chi connectivity index (χ0v) is 11.8. The van der Waals surface area contributed by atoms with Gasteiger partial charge in [0.25, 0.3) is 0 Å². The Bertz CT molecular complexity index is 381. The van der Waals surface area contributed by atoms with Crippen molar-refractivity contribution in [2.24, 2.45) is 11.8 Å². The molecule has 0 aromatic heterocycles. The molecule has 3 nitrogen and oxygen atoms in total. The summed E-state index contributed by atoms with van der Waals surface area (Å²) in [4.78, 5) is 0. The van der Waals surface area contributed by atoms with Gasteiger partial charge in [0.15, 0.2) is 0 Å². The average molecular weight is 263 g/mol. The molecule has 1 aliphatic rings. The standard InChI is InChI=1S/C16H25NO2/c1-2-19-16-8-3-5-13(9-16)10-17-11-14-6-4-7-15(14)12-18/h3,5,8-9,14-15,17-18H,2,4,6-7,10-12H2,1H3. The second-order valence-electron chi connectivity index (χ2n) is 5.34. The highest BCUT2D eigenvalue weighted by Crippen LogP contribution is 2.30. The first-order valence-electron chi connectivity index (χ1n) is 7.36. The van der Waals surface area contributed by atoms with Gasteiger partial charge in [-0.1, -0.05) is 18.6 Å². The molecule has 0 bridgehead atoms. The molecule has 1 fully saturated rings. The summed E-state index contributed by atoms with van der Waals surface area (Å²) in [6.45, 7) is 4.92. The van der Waals surface area contributed by atoms with Crippen LogP contribution < -0.4 is 10.1 Å². The lowest BCUT2D eigenvalue weighted by molar-refractivity contribution is 0.192. The number of ether oxygens (including phenoxy) is 1. The molecule has 0 spiro atoms. The van der Waals surface area contributed by atoms with Crippen molar-refractivity contribution in [1.29, 1.82) is 0 Å². The van der Waals surface area contributed by atoms with Gasteiger partial charge in [-0.15, -0.1) is 0 Å². The molecule has 0 amide bonds. The monoisotopic (exact) mass is 263 g/mol. The second kappa shape index (κ2) is 7.51. The summed E-state index contributed by atoms with van der Waals surface area (Å²) in [6.07, 6.45) is 3.69. The van der Waals surface area contributed by atoms with Gasteiger partial charge in [0.05, 0.1) is 6.61 Å². The van der Waals surface area contributed by atoms with Crippen LogP contribution >= 0.6 is 0 Å². The van der Waals surface area contributed by atoms with E-state index in [0.29, 0.717) is 25.0 Å². The molecular weight excluding hydrogens is 238 g/mol. The molecular formula is C16H25NO2. The molecule has 1 aromatic rings. The van der Waals surface area contributed by atoms with Crippen LogP contribution in [0.3, 0.4) is 0 Å². The Kier molecular flexibility index (Phi) is 5.67. The molecule has 0 heterocycles. The predicted molar refractivity (Wildman–Crippen MR) is 77.2 cm³/mol. The third-order valence-electron chi connectivity index (χ3n) is 4.00. The zero-order chi connectivity index (χ0) is 13.5. The molecule has 2 unspecified atom stereocenters. The SMILES string of the molecule is CCOc1cccc(CNCC2CCCC2CO)c1. The molecule has 0 aliphatic heterocycles. The molecule has 1 saturated carbocycles. The summed E-state index contributed by atoms with van der Waals surface area (Å²) in [5, 5.41) is 12.8. The van der Waals surface area contributed by atoms with E-state index in [1.54, 1.807) is 0 Å². The normalized spacial score (nSPS) is 22.6. The number of rotatable bonds is 7. The highest BCUT2D eigenvalue weighted by Gasteiger charge is 2.25. The Balaban J connectivity index is 1.77. The van der Waals surface area contributed by atoms with Crippen molar-refractivity contribution in [1.82, 2.24) is 5.32 Å². The van der Waals surface area contributed by atoms with Crippen molar-refractivity contribution < 1.29 is 9.84 Å². The van der Waals surface area contributed by atoms with Crippen LogP contribution in [0.1, 0.15) is 31.7 Å². The number of hydrogen-bond donors (Lipinski definition) is 2. The van der Waals surface area contributed by atoms with Crippen LogP contribution in [-0.2, 0) is 6.54 Å². The van der Waals surface area contributed by atoms with Crippen LogP contribution in [0.4, 0.5) is 0 Å². The smallest absolute Gasteiger partial charge is 0.119 e. The molecule has 0 radical (unpaired) electrons. The minimum atomic E-state index is 0.339. The number of nitrogens with one attached hydrogen (secondary N) is 1. The van der Waals surface area contributed by atoms with Crippen LogP contribution in [0.2, 0.25) is 0 Å². The third kappa shape index (κ3) is 4.22. The van der Waals surface area contributed by atoms with Gasteiger partial charge in [-0.25, -0.2) is 0 Å². The van der Waals surface area contributed by atoms with Crippen molar-refractivity contribution >= 4 is 0 Å². The van der Waals surface area contributed by atoms with Gasteiger partial charge in [-0.2, -0.15) is 0 Å². The fourth-order valence-electron chi connectivity index (χ4n) is 2.94. The first kappa shape index (κ1) is 14.4. The van der Waals surface area contributed by atoms with Crippen LogP contribution in [0.25, 0.3) is 0 Å². The van der Waals surface area contributed by atoms with E-state index in [0.717, 1.165) is 18.8 Å². The Morgan fingerprint density at radius 2 is 2.16 bits per heavy atom. The van der Waals surface area contributed by atoms with E-state index in [4.69, 9.17) is 4.74 Å². The summed E-state index contributed by atoms with van der Waals surface area (Å²) >= 11 is 0. The van der Waals surface area contributed by atoms with Crippen molar-refractivity contribution in [3.8, 4) is 5.75 Å². The Morgan fingerprint density at radius 1 is 1.32 bits per heavy atom. The summed E-state index contributed by atoms with van der Waals surface area (Å²) < 4.78 is 5.50. The summed E-state index contributed by atoms with van der Waals surface area (Å²) in [7, 11) is 0. The van der Waals surface area contributed by atoms with Crippen molar-refractivity contribution in [3.63, 3.8) is 0 Å². The van der Waals surface area contributed by atoms with E-state index < -0.39 is 0 Å². The van der Waals surface area contributed by atoms with Crippen molar-refractivity contribution in [3.05, 3.63) is 29.8 Å². The summed E-state index contributed by atoms with van der Waals surface area (Å²) in [5.41, 5.74) is 1.25. The first-order valence-corrected chi connectivity index (χ1v) is 7.36. The number of hydrogen-bond acceptors (Lipinski definition) is 3. The van der Waals surface area contributed by atoms with Gasteiger partial charge < -0.3 is 15.2 Å². The fraction of sp³-hybridized carbons (Fsp3) is 0.625. The highest BCUT2D eigenvalue weighted by molar-refractivity contribution is 5.28. The number of aliphatic hydroxyl groups excluding tert-OH is 1. The fourth-order valence-corrected chi connectivity index (χ4v) is 2.94. The molecule has 106 valence electrons. The minimum Gasteiger partial charge on any atom is -0.494 e. The van der Waals surface area contributed by atoms with Crippen LogP contribution in [0.5, 0.6) is 5.75 Å². The molecule has 19 heavy (non-hydrogen) atoms. The molecule has 1 aliphatic carbocycles. The highest BCUT2D eigenvalue weighted by atomic mass is 16.5. The van der Waals surface area contributed by atoms with Crippen molar-refractivity contribution in [2.45, 2.75) is 32.7 Å². The van der Waals surface area contributed by atoms with Crippen LogP contribution in [0.15, 0.2) is 24.3 Å². The molecule has 2 rings (SSSR count). The molecule has 2 N–H and O–H groups in total. The van der Waals surface area contributed by atoms with E-state index in [1.165, 1.54) is 24.8 Å². The first-order chi connectivity index (χ1) is 9.33. The molecule has 0 saturated heterocycles. The summed E-state index contributed by atoms with van der Waals surface area (Å²) in [5.74, 6) is 2.08. The van der Waals surface area contributed by atoms with E-state index in [1.807, 2.05) is 19.1 Å². The average Bonchev–Trinajstić information content (AvgIpc) is 2.87. The zero-order valence-electron chi connectivity index (χ0n) is 11.8. The third-order valence-corrected chi connectivity index (χ3v) is 4.00. The lowest BCUT2D eigenvalue weighted by Gasteiger charge is -2.18. The van der Waals surface area contributed by atoms with Crippen LogP contribution in [-0.4, -0.2) is 24.9 Å². The maximum Gasteiger partial charge on any atom is 0.119 e. The Labute approximate surface area is 116 Å². The topological polar surface area (TPSA) is 41.5 Å². The van der Waals surface area contributed by atoms with E-state index in [2.05, 4.69) is 17.4 Å². The largest absolute Gasteiger partial charge is 0.494 e. The van der Waals surface area contributed by atoms with Gasteiger partial charge in [0.2, 0.25) is 0 Å². The quantitative estimate of drug-likeness (QED) is 0.794. The predicted octanol–water partition coefficient (Wildman–Crippen LogP) is 2.58. The molecule has 1 aromatic carbocycles. The maximum absolute atomic E-state index is 9.30. The Morgan fingerprint density at radius 3 is 2.95 bits per heavy atom. The van der Waals surface area contributed by atoms with Crippen molar-refractivity contribution in [2.75, 3.05) is 19.8 Å². The molecule has 3 heteroatoms. The van der Waals surface area contributed by atoms with Gasteiger partial charge in [-0.05, 0) is 55.8 Å². The van der Waals surface area contributed by atoms with E-state index >= 15 is 0 Å². The number of aliphatic hydroxyl groups is 1. The lowest BCUT2D eigenvalue weighted by Crippen LogP contribution is -2.26. The maximum atomic E-state index is 9.30. The van der Waals surface area contributed by atoms with E-state index in [-0.39, 0.29) is 0 Å². The van der Waals surface area contributed by atoms with Gasteiger partial charge in [0, 0.05) is 13.2 Å². The van der Waals surface area contributed by atoms with E-state index in [9.17, 15) is 5.11 Å². The minimum absolute atomic E-state index is 0.339.